The summed E-state index contributed by atoms with van der Waals surface area (Å²) in [5.74, 6) is -2.76. The molecule has 5 nitrogen and oxygen atoms in total. The lowest BCUT2D eigenvalue weighted by molar-refractivity contribution is -0.138. The van der Waals surface area contributed by atoms with E-state index in [4.69, 9.17) is 4.74 Å². The van der Waals surface area contributed by atoms with Crippen molar-refractivity contribution >= 4 is 23.3 Å². The third kappa shape index (κ3) is 2.32. The molecule has 2 rings (SSSR count). The lowest BCUT2D eigenvalue weighted by Gasteiger charge is -2.17. The first-order valence-electron chi connectivity index (χ1n) is 5.96. The summed E-state index contributed by atoms with van der Waals surface area (Å²) in [6.45, 7) is 5.13. The second-order valence-corrected chi connectivity index (χ2v) is 4.21. The van der Waals surface area contributed by atoms with Crippen molar-refractivity contribution in [2.75, 3.05) is 18.1 Å². The van der Waals surface area contributed by atoms with Gasteiger partial charge in [0.2, 0.25) is 0 Å². The van der Waals surface area contributed by atoms with Crippen LogP contribution in [0.1, 0.15) is 17.3 Å². The number of benzene rings is 1. The van der Waals surface area contributed by atoms with Gasteiger partial charge < -0.3 is 4.74 Å². The normalized spacial score (nSPS) is 13.4. The fraction of sp³-hybridized carbons (Fsp3) is 0.214. The van der Waals surface area contributed by atoms with Crippen LogP contribution in [0.4, 0.5) is 10.1 Å². The lowest BCUT2D eigenvalue weighted by atomic mass is 10.1. The number of amides is 1. The number of carbonyl (C=O) groups is 3. The number of hydrogen-bond acceptors (Lipinski definition) is 4. The van der Waals surface area contributed by atoms with E-state index in [1.807, 2.05) is 0 Å². The summed E-state index contributed by atoms with van der Waals surface area (Å²) in [5, 5.41) is 0. The van der Waals surface area contributed by atoms with Gasteiger partial charge in [0.25, 0.3) is 11.7 Å². The Morgan fingerprint density at radius 1 is 1.40 bits per heavy atom. The molecule has 6 heteroatoms. The molecule has 1 aliphatic heterocycles. The first-order valence-corrected chi connectivity index (χ1v) is 5.96. The van der Waals surface area contributed by atoms with Crippen molar-refractivity contribution in [1.29, 1.82) is 0 Å². The van der Waals surface area contributed by atoms with Crippen LogP contribution < -0.4 is 4.90 Å². The van der Waals surface area contributed by atoms with Gasteiger partial charge in [0, 0.05) is 5.57 Å². The Hall–Kier alpha value is -2.50. The number of ketones is 1. The van der Waals surface area contributed by atoms with Crippen LogP contribution in [0.15, 0.2) is 30.4 Å². The van der Waals surface area contributed by atoms with E-state index < -0.39 is 23.5 Å². The SMILES string of the molecule is C=C(CN1C(=O)C(=O)c2ccc(F)cc21)C(=O)OCC. The number of ether oxygens (including phenoxy) is 1. The van der Waals surface area contributed by atoms with Gasteiger partial charge in [-0.25, -0.2) is 9.18 Å². The van der Waals surface area contributed by atoms with Crippen LogP contribution in [0.2, 0.25) is 0 Å². The van der Waals surface area contributed by atoms with Crippen LogP contribution in [-0.2, 0) is 14.3 Å². The molecule has 0 N–H and O–H groups in total. The third-order valence-corrected chi connectivity index (χ3v) is 2.85. The molecule has 1 heterocycles. The zero-order chi connectivity index (χ0) is 14.9. The number of Topliss-reactive ketones (excluding diaryl/α,β-unsaturated/α-hetero) is 1. The zero-order valence-corrected chi connectivity index (χ0v) is 10.8. The van der Waals surface area contributed by atoms with Gasteiger partial charge >= 0.3 is 5.97 Å². The second kappa shape index (κ2) is 5.24. The molecule has 0 radical (unpaired) electrons. The van der Waals surface area contributed by atoms with Crippen molar-refractivity contribution in [1.82, 2.24) is 0 Å². The summed E-state index contributed by atoms with van der Waals surface area (Å²) in [4.78, 5) is 36.1. The van der Waals surface area contributed by atoms with E-state index in [0.29, 0.717) is 0 Å². The number of esters is 1. The maximum absolute atomic E-state index is 13.2. The lowest BCUT2D eigenvalue weighted by Crippen LogP contribution is -2.33. The molecule has 0 fully saturated rings. The maximum atomic E-state index is 13.2. The van der Waals surface area contributed by atoms with Gasteiger partial charge in [-0.3, -0.25) is 14.5 Å². The van der Waals surface area contributed by atoms with E-state index in [0.717, 1.165) is 17.0 Å². The molecule has 0 atom stereocenters. The maximum Gasteiger partial charge on any atom is 0.335 e. The molecular weight excluding hydrogens is 265 g/mol. The van der Waals surface area contributed by atoms with E-state index in [1.165, 1.54) is 6.07 Å². The number of halogens is 1. The van der Waals surface area contributed by atoms with Crippen molar-refractivity contribution in [3.63, 3.8) is 0 Å². The summed E-state index contributed by atoms with van der Waals surface area (Å²) in [5.41, 5.74) is 0.281. The number of carbonyl (C=O) groups excluding carboxylic acids is 3. The van der Waals surface area contributed by atoms with E-state index in [2.05, 4.69) is 6.58 Å². The predicted octanol–water partition coefficient (Wildman–Crippen LogP) is 1.47. The minimum absolute atomic E-state index is 0.0186. The van der Waals surface area contributed by atoms with Crippen molar-refractivity contribution in [3.05, 3.63) is 41.7 Å². The quantitative estimate of drug-likeness (QED) is 0.475. The van der Waals surface area contributed by atoms with Crippen LogP contribution in [0.25, 0.3) is 0 Å². The number of fused-ring (bicyclic) bond motifs is 1. The molecule has 0 aromatic heterocycles. The van der Waals surface area contributed by atoms with Crippen molar-refractivity contribution in [2.45, 2.75) is 6.92 Å². The van der Waals surface area contributed by atoms with Crippen LogP contribution in [0.3, 0.4) is 0 Å². The molecule has 1 amide bonds. The summed E-state index contributed by atoms with van der Waals surface area (Å²) < 4.78 is 18.0. The Kier molecular flexibility index (Phi) is 3.65. The van der Waals surface area contributed by atoms with E-state index >= 15 is 0 Å². The van der Waals surface area contributed by atoms with E-state index in [1.54, 1.807) is 6.92 Å². The summed E-state index contributed by atoms with van der Waals surface area (Å²) in [6, 6.07) is 3.43. The highest BCUT2D eigenvalue weighted by molar-refractivity contribution is 6.52. The Balaban J connectivity index is 2.28. The average Bonchev–Trinajstić information content (AvgIpc) is 2.64. The first-order chi connectivity index (χ1) is 9.45. The third-order valence-electron chi connectivity index (χ3n) is 2.85. The standard InChI is InChI=1S/C14H12FNO4/c1-3-20-14(19)8(2)7-16-11-6-9(15)4-5-10(11)12(17)13(16)18/h4-6H,2-3,7H2,1H3. The molecule has 0 saturated carbocycles. The van der Waals surface area contributed by atoms with Gasteiger partial charge in [-0.1, -0.05) is 6.58 Å². The summed E-state index contributed by atoms with van der Waals surface area (Å²) in [6.07, 6.45) is 0. The minimum atomic E-state index is -0.809. The van der Waals surface area contributed by atoms with Crippen molar-refractivity contribution in [2.24, 2.45) is 0 Å². The Labute approximate surface area is 114 Å². The molecule has 0 saturated heterocycles. The largest absolute Gasteiger partial charge is 0.463 e. The fourth-order valence-corrected chi connectivity index (χ4v) is 1.91. The molecular formula is C14H12FNO4. The van der Waals surface area contributed by atoms with Crippen LogP contribution >= 0.6 is 0 Å². The highest BCUT2D eigenvalue weighted by Gasteiger charge is 2.36. The monoisotopic (exact) mass is 277 g/mol. The molecule has 0 bridgehead atoms. The number of rotatable bonds is 4. The molecule has 0 aliphatic carbocycles. The first kappa shape index (κ1) is 13.9. The highest BCUT2D eigenvalue weighted by Crippen LogP contribution is 2.30. The average molecular weight is 277 g/mol. The Morgan fingerprint density at radius 2 is 2.10 bits per heavy atom. The smallest absolute Gasteiger partial charge is 0.335 e. The number of anilines is 1. The van der Waals surface area contributed by atoms with Gasteiger partial charge in [0.15, 0.2) is 0 Å². The van der Waals surface area contributed by atoms with Gasteiger partial charge in [0.1, 0.15) is 5.82 Å². The summed E-state index contributed by atoms with van der Waals surface area (Å²) >= 11 is 0. The van der Waals surface area contributed by atoms with Gasteiger partial charge in [-0.2, -0.15) is 0 Å². The Morgan fingerprint density at radius 3 is 2.75 bits per heavy atom. The topological polar surface area (TPSA) is 63.7 Å². The highest BCUT2D eigenvalue weighted by atomic mass is 19.1. The molecule has 1 aromatic carbocycles. The van der Waals surface area contributed by atoms with E-state index in [9.17, 15) is 18.8 Å². The molecule has 1 aliphatic rings. The zero-order valence-electron chi connectivity index (χ0n) is 10.8. The fourth-order valence-electron chi connectivity index (χ4n) is 1.91. The van der Waals surface area contributed by atoms with Crippen molar-refractivity contribution < 1.29 is 23.5 Å². The minimum Gasteiger partial charge on any atom is -0.463 e. The van der Waals surface area contributed by atoms with Crippen LogP contribution in [0, 0.1) is 5.82 Å². The Bertz CT molecular complexity index is 624. The van der Waals surface area contributed by atoms with E-state index in [-0.39, 0.29) is 30.0 Å². The molecule has 0 unspecified atom stereocenters. The molecule has 20 heavy (non-hydrogen) atoms. The van der Waals surface area contributed by atoms with Gasteiger partial charge in [0.05, 0.1) is 24.4 Å². The predicted molar refractivity (Wildman–Crippen MR) is 68.9 cm³/mol. The number of nitrogens with zero attached hydrogens (tertiary/aromatic N) is 1. The van der Waals surface area contributed by atoms with Gasteiger partial charge in [-0.05, 0) is 25.1 Å². The number of hydrogen-bond donors (Lipinski definition) is 0. The van der Waals surface area contributed by atoms with Gasteiger partial charge in [-0.15, -0.1) is 0 Å². The summed E-state index contributed by atoms with van der Waals surface area (Å²) in [7, 11) is 0. The molecule has 104 valence electrons. The molecule has 0 spiro atoms. The second-order valence-electron chi connectivity index (χ2n) is 4.21. The van der Waals surface area contributed by atoms with Crippen molar-refractivity contribution in [3.8, 4) is 0 Å². The van der Waals surface area contributed by atoms with Crippen LogP contribution in [-0.4, -0.2) is 30.8 Å². The molecule has 1 aromatic rings. The van der Waals surface area contributed by atoms with Crippen LogP contribution in [0.5, 0.6) is 0 Å².